The van der Waals surface area contributed by atoms with Crippen molar-refractivity contribution < 1.29 is 9.53 Å². The SMILES string of the molecule is Cc1ncc(CNC(=O)c2cccc(OCc3cccnc3)c2)s1. The van der Waals surface area contributed by atoms with Gasteiger partial charge in [-0.05, 0) is 31.2 Å². The number of ether oxygens (including phenoxy) is 1. The van der Waals surface area contributed by atoms with E-state index in [1.54, 1.807) is 42.1 Å². The van der Waals surface area contributed by atoms with E-state index in [-0.39, 0.29) is 5.91 Å². The molecule has 0 radical (unpaired) electrons. The average molecular weight is 339 g/mol. The van der Waals surface area contributed by atoms with E-state index >= 15 is 0 Å². The predicted octanol–water partition coefficient (Wildman–Crippen LogP) is 3.36. The number of nitrogens with one attached hydrogen (secondary N) is 1. The molecule has 0 atom stereocenters. The lowest BCUT2D eigenvalue weighted by Crippen LogP contribution is -2.22. The third-order valence-corrected chi connectivity index (χ3v) is 4.23. The number of thiazole rings is 1. The highest BCUT2D eigenvalue weighted by Crippen LogP contribution is 2.16. The molecule has 2 heterocycles. The van der Waals surface area contributed by atoms with E-state index in [2.05, 4.69) is 15.3 Å². The van der Waals surface area contributed by atoms with Gasteiger partial charge in [-0.25, -0.2) is 4.98 Å². The second kappa shape index (κ2) is 7.70. The van der Waals surface area contributed by atoms with Crippen molar-refractivity contribution in [1.82, 2.24) is 15.3 Å². The molecule has 0 spiro atoms. The molecule has 0 saturated heterocycles. The van der Waals surface area contributed by atoms with Gasteiger partial charge in [-0.1, -0.05) is 12.1 Å². The highest BCUT2D eigenvalue weighted by atomic mass is 32.1. The highest BCUT2D eigenvalue weighted by Gasteiger charge is 2.08. The number of carbonyl (C=O) groups excluding carboxylic acids is 1. The van der Waals surface area contributed by atoms with Gasteiger partial charge in [-0.3, -0.25) is 9.78 Å². The van der Waals surface area contributed by atoms with Gasteiger partial charge >= 0.3 is 0 Å². The molecule has 5 nitrogen and oxygen atoms in total. The Balaban J connectivity index is 1.58. The third kappa shape index (κ3) is 4.39. The van der Waals surface area contributed by atoms with E-state index in [4.69, 9.17) is 4.74 Å². The second-order valence-electron chi connectivity index (χ2n) is 5.21. The summed E-state index contributed by atoms with van der Waals surface area (Å²) in [4.78, 5) is 21.5. The first kappa shape index (κ1) is 16.1. The number of aryl methyl sites for hydroxylation is 1. The van der Waals surface area contributed by atoms with E-state index in [1.165, 1.54) is 0 Å². The number of rotatable bonds is 6. The van der Waals surface area contributed by atoms with Gasteiger partial charge in [-0.2, -0.15) is 0 Å². The maximum atomic E-state index is 12.3. The van der Waals surface area contributed by atoms with Crippen molar-refractivity contribution in [1.29, 1.82) is 0 Å². The van der Waals surface area contributed by atoms with Gasteiger partial charge in [-0.15, -0.1) is 11.3 Å². The van der Waals surface area contributed by atoms with Crippen LogP contribution in [0.2, 0.25) is 0 Å². The van der Waals surface area contributed by atoms with Crippen LogP contribution >= 0.6 is 11.3 Å². The van der Waals surface area contributed by atoms with Gasteiger partial charge in [0.2, 0.25) is 0 Å². The van der Waals surface area contributed by atoms with Crippen LogP contribution in [0.4, 0.5) is 0 Å². The van der Waals surface area contributed by atoms with E-state index in [0.717, 1.165) is 15.4 Å². The highest BCUT2D eigenvalue weighted by molar-refractivity contribution is 7.11. The van der Waals surface area contributed by atoms with Crippen LogP contribution in [0.25, 0.3) is 0 Å². The van der Waals surface area contributed by atoms with Crippen molar-refractivity contribution in [2.24, 2.45) is 0 Å². The van der Waals surface area contributed by atoms with E-state index in [9.17, 15) is 4.79 Å². The van der Waals surface area contributed by atoms with Crippen LogP contribution in [0.15, 0.2) is 55.0 Å². The summed E-state index contributed by atoms with van der Waals surface area (Å²) >= 11 is 1.58. The summed E-state index contributed by atoms with van der Waals surface area (Å²) in [6.07, 6.45) is 5.26. The van der Waals surface area contributed by atoms with Crippen LogP contribution in [0.5, 0.6) is 5.75 Å². The number of carbonyl (C=O) groups is 1. The molecule has 2 aromatic heterocycles. The van der Waals surface area contributed by atoms with Gasteiger partial charge in [0.15, 0.2) is 0 Å². The Kier molecular flexibility index (Phi) is 5.18. The molecule has 24 heavy (non-hydrogen) atoms. The number of nitrogens with zero attached hydrogens (tertiary/aromatic N) is 2. The van der Waals surface area contributed by atoms with Crippen molar-refractivity contribution in [3.8, 4) is 5.75 Å². The first-order chi connectivity index (χ1) is 11.7. The zero-order valence-electron chi connectivity index (χ0n) is 13.2. The van der Waals surface area contributed by atoms with E-state index in [1.807, 2.05) is 31.2 Å². The topological polar surface area (TPSA) is 64.1 Å². The van der Waals surface area contributed by atoms with Gasteiger partial charge in [0, 0.05) is 34.6 Å². The number of hydrogen-bond donors (Lipinski definition) is 1. The molecule has 122 valence electrons. The minimum atomic E-state index is -0.132. The van der Waals surface area contributed by atoms with Gasteiger partial charge in [0.05, 0.1) is 11.6 Å². The third-order valence-electron chi connectivity index (χ3n) is 3.32. The van der Waals surface area contributed by atoms with Crippen LogP contribution < -0.4 is 10.1 Å². The Hall–Kier alpha value is -2.73. The number of pyridine rings is 1. The fourth-order valence-corrected chi connectivity index (χ4v) is 2.87. The van der Waals surface area contributed by atoms with Crippen molar-refractivity contribution in [3.63, 3.8) is 0 Å². The van der Waals surface area contributed by atoms with Crippen LogP contribution in [0, 0.1) is 6.92 Å². The Morgan fingerprint density at radius 1 is 1.25 bits per heavy atom. The maximum absolute atomic E-state index is 12.3. The Bertz CT molecular complexity index is 818. The molecule has 0 aliphatic carbocycles. The van der Waals surface area contributed by atoms with Crippen molar-refractivity contribution in [2.75, 3.05) is 0 Å². The molecule has 0 aliphatic heterocycles. The summed E-state index contributed by atoms with van der Waals surface area (Å²) in [7, 11) is 0. The number of amides is 1. The van der Waals surface area contributed by atoms with Crippen molar-refractivity contribution >= 4 is 17.2 Å². The van der Waals surface area contributed by atoms with Gasteiger partial charge in [0.25, 0.3) is 5.91 Å². The summed E-state index contributed by atoms with van der Waals surface area (Å²) in [5.74, 6) is 0.521. The average Bonchev–Trinajstić information content (AvgIpc) is 3.04. The quantitative estimate of drug-likeness (QED) is 0.748. The molecule has 1 N–H and O–H groups in total. The number of aromatic nitrogens is 2. The molecule has 1 aromatic carbocycles. The molecule has 0 unspecified atom stereocenters. The van der Waals surface area contributed by atoms with E-state index in [0.29, 0.717) is 24.5 Å². The minimum absolute atomic E-state index is 0.132. The molecule has 0 fully saturated rings. The number of benzene rings is 1. The lowest BCUT2D eigenvalue weighted by Gasteiger charge is -2.08. The standard InChI is InChI=1S/C18H17N3O2S/c1-13-20-10-17(24-13)11-21-18(22)15-5-2-6-16(8-15)23-12-14-4-3-7-19-9-14/h2-10H,11-12H2,1H3,(H,21,22). The normalized spacial score (nSPS) is 10.4. The Labute approximate surface area is 144 Å². The zero-order chi connectivity index (χ0) is 16.8. The fourth-order valence-electron chi connectivity index (χ4n) is 2.13. The van der Waals surface area contributed by atoms with Crippen molar-refractivity contribution in [2.45, 2.75) is 20.1 Å². The molecule has 6 heteroatoms. The van der Waals surface area contributed by atoms with Gasteiger partial charge in [0.1, 0.15) is 12.4 Å². The van der Waals surface area contributed by atoms with Crippen LogP contribution in [-0.4, -0.2) is 15.9 Å². The zero-order valence-corrected chi connectivity index (χ0v) is 14.0. The van der Waals surface area contributed by atoms with E-state index < -0.39 is 0 Å². The summed E-state index contributed by atoms with van der Waals surface area (Å²) < 4.78 is 5.72. The summed E-state index contributed by atoms with van der Waals surface area (Å²) in [5.41, 5.74) is 1.55. The molecule has 3 rings (SSSR count). The van der Waals surface area contributed by atoms with Crippen molar-refractivity contribution in [3.05, 3.63) is 76.0 Å². The molecule has 3 aromatic rings. The lowest BCUT2D eigenvalue weighted by molar-refractivity contribution is 0.0951. The number of hydrogen-bond acceptors (Lipinski definition) is 5. The minimum Gasteiger partial charge on any atom is -0.489 e. The molecule has 0 saturated carbocycles. The van der Waals surface area contributed by atoms with Gasteiger partial charge < -0.3 is 10.1 Å². The smallest absolute Gasteiger partial charge is 0.251 e. The Morgan fingerprint density at radius 3 is 2.92 bits per heavy atom. The Morgan fingerprint density at radius 2 is 2.17 bits per heavy atom. The molecule has 1 amide bonds. The second-order valence-corrected chi connectivity index (χ2v) is 6.53. The monoisotopic (exact) mass is 339 g/mol. The predicted molar refractivity (Wildman–Crippen MR) is 93.0 cm³/mol. The summed E-state index contributed by atoms with van der Waals surface area (Å²) in [6, 6.07) is 11.0. The first-order valence-corrected chi connectivity index (χ1v) is 8.33. The maximum Gasteiger partial charge on any atom is 0.251 e. The molecule has 0 bridgehead atoms. The first-order valence-electron chi connectivity index (χ1n) is 7.52. The summed E-state index contributed by atoms with van der Waals surface area (Å²) in [5, 5.41) is 3.89. The summed E-state index contributed by atoms with van der Waals surface area (Å²) in [6.45, 7) is 2.84. The molecule has 0 aliphatic rings. The van der Waals surface area contributed by atoms with Crippen LogP contribution in [0.3, 0.4) is 0 Å². The molecular formula is C18H17N3O2S. The lowest BCUT2D eigenvalue weighted by atomic mass is 10.2. The fraction of sp³-hybridized carbons (Fsp3) is 0.167. The van der Waals surface area contributed by atoms with Crippen LogP contribution in [-0.2, 0) is 13.2 Å². The molecular weight excluding hydrogens is 322 g/mol. The largest absolute Gasteiger partial charge is 0.489 e. The van der Waals surface area contributed by atoms with Crippen LogP contribution in [0.1, 0.15) is 25.8 Å².